The summed E-state index contributed by atoms with van der Waals surface area (Å²) in [6, 6.07) is 15.0. The molecule has 2 rings (SSSR count). The maximum atomic E-state index is 12.4. The minimum atomic E-state index is -3.85. The standard InChI is InChI=1S/C18H22N4O4S/c19-16(17(23)24)7-4-12-21-18(20)22-27(25,26)15-10-8-14(9-11-15)13-5-2-1-3-6-13/h1-3,5-6,8-11,16H,4,7,12,19H2,(H,23,24)(H3,20,21,22)/t16-/m0/s1. The van der Waals surface area contributed by atoms with Gasteiger partial charge in [0, 0.05) is 6.54 Å². The zero-order chi connectivity index (χ0) is 19.9. The Hall–Kier alpha value is -2.91. The Morgan fingerprint density at radius 2 is 1.67 bits per heavy atom. The van der Waals surface area contributed by atoms with Gasteiger partial charge in [-0.05, 0) is 36.1 Å². The number of guanidine groups is 1. The summed E-state index contributed by atoms with van der Waals surface area (Å²) in [5.74, 6) is -1.35. The Kier molecular flexibility index (Phi) is 6.91. The third-order valence-corrected chi connectivity index (χ3v) is 5.15. The molecule has 0 saturated carbocycles. The van der Waals surface area contributed by atoms with Crippen LogP contribution < -0.4 is 16.2 Å². The molecule has 2 aromatic carbocycles. The fourth-order valence-corrected chi connectivity index (χ4v) is 3.27. The van der Waals surface area contributed by atoms with E-state index in [0.29, 0.717) is 6.42 Å². The van der Waals surface area contributed by atoms with Crippen LogP contribution in [0.2, 0.25) is 0 Å². The van der Waals surface area contributed by atoms with Gasteiger partial charge < -0.3 is 16.6 Å². The number of nitrogens with one attached hydrogen (secondary N) is 1. The van der Waals surface area contributed by atoms with E-state index in [1.165, 1.54) is 12.1 Å². The van der Waals surface area contributed by atoms with E-state index in [4.69, 9.17) is 16.6 Å². The van der Waals surface area contributed by atoms with Crippen LogP contribution in [0.25, 0.3) is 11.1 Å². The number of carbonyl (C=O) groups is 1. The average molecular weight is 390 g/mol. The first kappa shape index (κ1) is 20.4. The molecule has 0 bridgehead atoms. The first-order valence-electron chi connectivity index (χ1n) is 8.26. The number of nitrogens with two attached hydrogens (primary N) is 2. The third-order valence-electron chi connectivity index (χ3n) is 3.78. The summed E-state index contributed by atoms with van der Waals surface area (Å²) < 4.78 is 26.9. The van der Waals surface area contributed by atoms with Gasteiger partial charge in [-0.1, -0.05) is 42.5 Å². The highest BCUT2D eigenvalue weighted by Gasteiger charge is 2.15. The molecule has 0 aliphatic rings. The number of benzene rings is 2. The molecule has 144 valence electrons. The largest absolute Gasteiger partial charge is 0.480 e. The maximum absolute atomic E-state index is 12.4. The number of carboxylic acid groups (broad SMARTS) is 1. The number of aliphatic carboxylic acids is 1. The van der Waals surface area contributed by atoms with E-state index in [1.54, 1.807) is 12.1 Å². The predicted molar refractivity (Wildman–Crippen MR) is 104 cm³/mol. The Morgan fingerprint density at radius 1 is 1.07 bits per heavy atom. The second kappa shape index (κ2) is 9.15. The molecular formula is C18H22N4O4S. The highest BCUT2D eigenvalue weighted by molar-refractivity contribution is 7.90. The van der Waals surface area contributed by atoms with E-state index in [0.717, 1.165) is 11.1 Å². The molecule has 0 aliphatic carbocycles. The number of carboxylic acids is 1. The van der Waals surface area contributed by atoms with Crippen molar-refractivity contribution in [1.29, 1.82) is 0 Å². The average Bonchev–Trinajstić information content (AvgIpc) is 2.65. The Morgan fingerprint density at radius 3 is 2.26 bits per heavy atom. The maximum Gasteiger partial charge on any atom is 0.320 e. The van der Waals surface area contributed by atoms with Crippen molar-refractivity contribution >= 4 is 22.0 Å². The molecule has 0 spiro atoms. The molecule has 0 radical (unpaired) electrons. The number of hydrogen-bond donors (Lipinski definition) is 4. The molecule has 27 heavy (non-hydrogen) atoms. The molecule has 0 fully saturated rings. The second-order valence-electron chi connectivity index (χ2n) is 5.85. The SMILES string of the molecule is NC(=NCCC[C@H](N)C(=O)O)NS(=O)(=O)c1ccc(-c2ccccc2)cc1. The highest BCUT2D eigenvalue weighted by Crippen LogP contribution is 2.20. The molecule has 0 aromatic heterocycles. The van der Waals surface area contributed by atoms with Crippen LogP contribution in [0.5, 0.6) is 0 Å². The van der Waals surface area contributed by atoms with Crippen molar-refractivity contribution in [3.63, 3.8) is 0 Å². The minimum Gasteiger partial charge on any atom is -0.480 e. The smallest absolute Gasteiger partial charge is 0.320 e. The lowest BCUT2D eigenvalue weighted by Crippen LogP contribution is -2.37. The zero-order valence-corrected chi connectivity index (χ0v) is 15.4. The van der Waals surface area contributed by atoms with Crippen molar-refractivity contribution in [3.8, 4) is 11.1 Å². The fraction of sp³-hybridized carbons (Fsp3) is 0.222. The number of aliphatic imine (C=N–C) groups is 1. The van der Waals surface area contributed by atoms with Crippen molar-refractivity contribution in [3.05, 3.63) is 54.6 Å². The molecule has 0 saturated heterocycles. The van der Waals surface area contributed by atoms with Gasteiger partial charge in [0.15, 0.2) is 0 Å². The van der Waals surface area contributed by atoms with Gasteiger partial charge in [0.1, 0.15) is 6.04 Å². The molecule has 0 aliphatic heterocycles. The van der Waals surface area contributed by atoms with Gasteiger partial charge >= 0.3 is 5.97 Å². The monoisotopic (exact) mass is 390 g/mol. The third kappa shape index (κ3) is 6.08. The molecule has 6 N–H and O–H groups in total. The van der Waals surface area contributed by atoms with Crippen molar-refractivity contribution in [2.75, 3.05) is 6.54 Å². The molecule has 0 amide bonds. The van der Waals surface area contributed by atoms with Crippen LogP contribution in [0, 0.1) is 0 Å². The van der Waals surface area contributed by atoms with Crippen molar-refractivity contribution in [2.45, 2.75) is 23.8 Å². The Balaban J connectivity index is 1.97. The summed E-state index contributed by atoms with van der Waals surface area (Å²) in [6.45, 7) is 0.169. The number of hydrogen-bond acceptors (Lipinski definition) is 5. The van der Waals surface area contributed by atoms with Crippen LogP contribution in [-0.4, -0.2) is 38.0 Å². The molecule has 8 nitrogen and oxygen atoms in total. The lowest BCUT2D eigenvalue weighted by Gasteiger charge is -2.09. The molecule has 2 aromatic rings. The van der Waals surface area contributed by atoms with Gasteiger partial charge in [0.05, 0.1) is 4.90 Å². The number of sulfonamides is 1. The first-order chi connectivity index (χ1) is 12.8. The molecule has 9 heteroatoms. The van der Waals surface area contributed by atoms with Gasteiger partial charge in [-0.15, -0.1) is 0 Å². The summed E-state index contributed by atoms with van der Waals surface area (Å²) in [5, 5.41) is 8.68. The minimum absolute atomic E-state index is 0.0632. The zero-order valence-electron chi connectivity index (χ0n) is 14.6. The molecule has 0 heterocycles. The summed E-state index contributed by atoms with van der Waals surface area (Å²) in [6.07, 6.45) is 0.599. The molecule has 1 atom stereocenters. The van der Waals surface area contributed by atoms with E-state index < -0.39 is 22.0 Å². The topological polar surface area (TPSA) is 148 Å². The van der Waals surface area contributed by atoms with Crippen molar-refractivity contribution in [1.82, 2.24) is 4.72 Å². The first-order valence-corrected chi connectivity index (χ1v) is 9.74. The van der Waals surface area contributed by atoms with Crippen molar-refractivity contribution in [2.24, 2.45) is 16.5 Å². The quantitative estimate of drug-likeness (QED) is 0.302. The van der Waals surface area contributed by atoms with E-state index >= 15 is 0 Å². The Bertz CT molecular complexity index is 897. The van der Waals surface area contributed by atoms with Crippen LogP contribution in [0.4, 0.5) is 0 Å². The van der Waals surface area contributed by atoms with Crippen LogP contribution in [-0.2, 0) is 14.8 Å². The highest BCUT2D eigenvalue weighted by atomic mass is 32.2. The van der Waals surface area contributed by atoms with E-state index in [9.17, 15) is 13.2 Å². The van der Waals surface area contributed by atoms with Gasteiger partial charge in [-0.25, -0.2) is 13.1 Å². The molecular weight excluding hydrogens is 368 g/mol. The fourth-order valence-electron chi connectivity index (χ4n) is 2.32. The summed E-state index contributed by atoms with van der Waals surface area (Å²) in [7, 11) is -3.85. The number of rotatable bonds is 8. The van der Waals surface area contributed by atoms with Crippen LogP contribution in [0.3, 0.4) is 0 Å². The van der Waals surface area contributed by atoms with Crippen LogP contribution in [0.15, 0.2) is 64.5 Å². The van der Waals surface area contributed by atoms with Gasteiger partial charge in [-0.2, -0.15) is 0 Å². The second-order valence-corrected chi connectivity index (χ2v) is 7.53. The summed E-state index contributed by atoms with van der Waals surface area (Å²) >= 11 is 0. The molecule has 0 unspecified atom stereocenters. The van der Waals surface area contributed by atoms with E-state index in [1.807, 2.05) is 30.3 Å². The lowest BCUT2D eigenvalue weighted by molar-refractivity contribution is -0.138. The van der Waals surface area contributed by atoms with Crippen LogP contribution in [0.1, 0.15) is 12.8 Å². The Labute approximate surface area is 158 Å². The van der Waals surface area contributed by atoms with Crippen molar-refractivity contribution < 1.29 is 18.3 Å². The van der Waals surface area contributed by atoms with E-state index in [-0.39, 0.29) is 23.8 Å². The lowest BCUT2D eigenvalue weighted by atomic mass is 10.1. The normalized spacial score (nSPS) is 13.1. The predicted octanol–water partition coefficient (Wildman–Crippen LogP) is 1.14. The van der Waals surface area contributed by atoms with Gasteiger partial charge in [0.25, 0.3) is 10.0 Å². The summed E-state index contributed by atoms with van der Waals surface area (Å²) in [5.41, 5.74) is 12.9. The van der Waals surface area contributed by atoms with Gasteiger partial charge in [0.2, 0.25) is 5.96 Å². The van der Waals surface area contributed by atoms with Gasteiger partial charge in [-0.3, -0.25) is 9.79 Å². The number of nitrogens with zero attached hydrogens (tertiary/aromatic N) is 1. The van der Waals surface area contributed by atoms with E-state index in [2.05, 4.69) is 9.71 Å². The van der Waals surface area contributed by atoms with Crippen LogP contribution >= 0.6 is 0 Å². The summed E-state index contributed by atoms with van der Waals surface area (Å²) in [4.78, 5) is 14.6.